The van der Waals surface area contributed by atoms with Gasteiger partial charge in [0.1, 0.15) is 0 Å². The Labute approximate surface area is 163 Å². The number of carbonyl (C=O) groups excluding carboxylic acids is 2. The van der Waals surface area contributed by atoms with Crippen LogP contribution in [0.4, 0.5) is 5.69 Å². The molecule has 2 aromatic rings. The summed E-state index contributed by atoms with van der Waals surface area (Å²) in [7, 11) is -3.91. The smallest absolute Gasteiger partial charge is 0.294 e. The molecule has 1 aromatic carbocycles. The molecule has 28 heavy (non-hydrogen) atoms. The molecule has 1 aliphatic heterocycles. The monoisotopic (exact) mass is 405 g/mol. The van der Waals surface area contributed by atoms with Gasteiger partial charge in [-0.2, -0.15) is 0 Å². The first kappa shape index (κ1) is 20.1. The Bertz CT molecular complexity index is 1020. The molecule has 0 aliphatic carbocycles. The van der Waals surface area contributed by atoms with Crippen LogP contribution < -0.4 is 15.4 Å². The predicted molar refractivity (Wildman–Crippen MR) is 103 cm³/mol. The lowest BCUT2D eigenvalue weighted by atomic mass is 9.92. The van der Waals surface area contributed by atoms with E-state index in [1.165, 1.54) is 17.0 Å². The average Bonchev–Trinajstić information content (AvgIpc) is 3.09. The van der Waals surface area contributed by atoms with E-state index in [0.717, 1.165) is 5.56 Å². The van der Waals surface area contributed by atoms with E-state index in [2.05, 4.69) is 4.72 Å². The zero-order valence-electron chi connectivity index (χ0n) is 15.9. The third-order valence-corrected chi connectivity index (χ3v) is 5.93. The third kappa shape index (κ3) is 4.10. The van der Waals surface area contributed by atoms with E-state index >= 15 is 0 Å². The molecule has 3 N–H and O–H groups in total. The molecule has 0 spiro atoms. The first-order valence-corrected chi connectivity index (χ1v) is 10.3. The fourth-order valence-corrected chi connectivity index (χ4v) is 4.50. The van der Waals surface area contributed by atoms with Gasteiger partial charge < -0.3 is 15.1 Å². The molecule has 0 fully saturated rings. The van der Waals surface area contributed by atoms with Gasteiger partial charge in [0.2, 0.25) is 11.0 Å². The van der Waals surface area contributed by atoms with Crippen molar-refractivity contribution in [3.8, 4) is 0 Å². The summed E-state index contributed by atoms with van der Waals surface area (Å²) in [6, 6.07) is 9.76. The molecular formula is C19H23N3O5S. The molecule has 0 saturated heterocycles. The molecule has 0 saturated carbocycles. The lowest BCUT2D eigenvalue weighted by Crippen LogP contribution is -2.44. The number of para-hydroxylation sites is 1. The first-order valence-electron chi connectivity index (χ1n) is 8.81. The van der Waals surface area contributed by atoms with E-state index in [-0.39, 0.29) is 17.4 Å². The number of sulfonamides is 1. The largest absolute Gasteiger partial charge is 0.438 e. The summed E-state index contributed by atoms with van der Waals surface area (Å²) in [4.78, 5) is 26.1. The summed E-state index contributed by atoms with van der Waals surface area (Å²) in [6.07, 6.45) is 0.447. The Hall–Kier alpha value is -2.65. The fourth-order valence-electron chi connectivity index (χ4n) is 3.14. The van der Waals surface area contributed by atoms with Crippen LogP contribution in [0.1, 0.15) is 36.9 Å². The van der Waals surface area contributed by atoms with E-state index in [0.29, 0.717) is 12.1 Å². The van der Waals surface area contributed by atoms with Crippen LogP contribution in [0.2, 0.25) is 0 Å². The summed E-state index contributed by atoms with van der Waals surface area (Å²) in [5.41, 5.74) is 6.23. The number of benzene rings is 1. The lowest BCUT2D eigenvalue weighted by Gasteiger charge is -2.32. The van der Waals surface area contributed by atoms with Crippen molar-refractivity contribution in [2.75, 3.05) is 11.4 Å². The highest BCUT2D eigenvalue weighted by molar-refractivity contribution is 7.89. The van der Waals surface area contributed by atoms with Gasteiger partial charge in [-0.15, -0.1) is 0 Å². The minimum atomic E-state index is -3.91. The minimum Gasteiger partial charge on any atom is -0.438 e. The van der Waals surface area contributed by atoms with E-state index in [1.807, 2.05) is 12.1 Å². The quantitative estimate of drug-likeness (QED) is 0.801. The molecule has 1 atom stereocenters. The highest BCUT2D eigenvalue weighted by Crippen LogP contribution is 2.31. The number of hydrogen-bond acceptors (Lipinski definition) is 5. The number of anilines is 1. The summed E-state index contributed by atoms with van der Waals surface area (Å²) in [5.74, 6) is -1.69. The van der Waals surface area contributed by atoms with Gasteiger partial charge in [0.15, 0.2) is 5.76 Å². The maximum absolute atomic E-state index is 13.0. The van der Waals surface area contributed by atoms with E-state index < -0.39 is 33.3 Å². The van der Waals surface area contributed by atoms with Crippen LogP contribution in [0.15, 0.2) is 45.9 Å². The topological polar surface area (TPSA) is 123 Å². The van der Waals surface area contributed by atoms with Gasteiger partial charge in [-0.05, 0) is 51.0 Å². The summed E-state index contributed by atoms with van der Waals surface area (Å²) in [5, 5.41) is -0.345. The highest BCUT2D eigenvalue weighted by Gasteiger charge is 2.34. The Morgan fingerprint density at radius 3 is 2.50 bits per heavy atom. The highest BCUT2D eigenvalue weighted by atomic mass is 32.2. The SMILES string of the molecule is CC(C)(C)NS(=O)(=O)c1ccc(C(=O)N2C[C@@H](C(N)=O)Cc3ccccc32)o1. The van der Waals surface area contributed by atoms with Crippen LogP contribution in [-0.2, 0) is 21.2 Å². The standard InChI is InChI=1S/C19H23N3O5S/c1-19(2,3)21-28(25,26)16-9-8-15(27-16)18(24)22-11-13(17(20)23)10-12-6-4-5-7-14(12)22/h4-9,13,21H,10-11H2,1-3H3,(H2,20,23)/t13-/m0/s1. The summed E-state index contributed by atoms with van der Waals surface area (Å²) in [6.45, 7) is 5.21. The molecule has 2 heterocycles. The van der Waals surface area contributed by atoms with Crippen molar-refractivity contribution in [1.29, 1.82) is 0 Å². The Balaban J connectivity index is 1.93. The molecule has 0 bridgehead atoms. The van der Waals surface area contributed by atoms with Crippen molar-refractivity contribution < 1.29 is 22.4 Å². The lowest BCUT2D eigenvalue weighted by molar-refractivity contribution is -0.121. The number of rotatable bonds is 4. The van der Waals surface area contributed by atoms with Gasteiger partial charge in [0, 0.05) is 17.8 Å². The number of primary amides is 1. The maximum Gasteiger partial charge on any atom is 0.294 e. The van der Waals surface area contributed by atoms with Gasteiger partial charge in [0.25, 0.3) is 15.9 Å². The van der Waals surface area contributed by atoms with Gasteiger partial charge in [-0.25, -0.2) is 13.1 Å². The van der Waals surface area contributed by atoms with Gasteiger partial charge in [-0.3, -0.25) is 9.59 Å². The van der Waals surface area contributed by atoms with Crippen LogP contribution in [-0.4, -0.2) is 32.3 Å². The number of furan rings is 1. The Kier molecular flexibility index (Phi) is 5.07. The van der Waals surface area contributed by atoms with Crippen LogP contribution in [0, 0.1) is 5.92 Å². The molecule has 3 rings (SSSR count). The van der Waals surface area contributed by atoms with Crippen molar-refractivity contribution in [2.24, 2.45) is 11.7 Å². The normalized spacial score (nSPS) is 17.2. The van der Waals surface area contributed by atoms with E-state index in [4.69, 9.17) is 10.2 Å². The van der Waals surface area contributed by atoms with Crippen LogP contribution in [0.5, 0.6) is 0 Å². The zero-order valence-corrected chi connectivity index (χ0v) is 16.7. The second kappa shape index (κ2) is 7.06. The van der Waals surface area contributed by atoms with Gasteiger partial charge >= 0.3 is 0 Å². The number of nitrogens with one attached hydrogen (secondary N) is 1. The van der Waals surface area contributed by atoms with Crippen LogP contribution in [0.25, 0.3) is 0 Å². The zero-order chi connectivity index (χ0) is 20.7. The van der Waals surface area contributed by atoms with Crippen molar-refractivity contribution in [2.45, 2.75) is 37.8 Å². The molecular weight excluding hydrogens is 382 g/mol. The van der Waals surface area contributed by atoms with Gasteiger partial charge in [-0.1, -0.05) is 18.2 Å². The second-order valence-electron chi connectivity index (χ2n) is 7.82. The van der Waals surface area contributed by atoms with Crippen LogP contribution >= 0.6 is 0 Å². The van der Waals surface area contributed by atoms with Gasteiger partial charge in [0.05, 0.1) is 5.92 Å². The van der Waals surface area contributed by atoms with Crippen molar-refractivity contribution in [3.05, 3.63) is 47.7 Å². The number of nitrogens with zero attached hydrogens (tertiary/aromatic N) is 1. The number of amides is 2. The summed E-state index contributed by atoms with van der Waals surface area (Å²) >= 11 is 0. The molecule has 9 heteroatoms. The number of nitrogens with two attached hydrogens (primary N) is 1. The Morgan fingerprint density at radius 2 is 1.86 bits per heavy atom. The molecule has 8 nitrogen and oxygen atoms in total. The van der Waals surface area contributed by atoms with E-state index in [1.54, 1.807) is 32.9 Å². The predicted octanol–water partition coefficient (Wildman–Crippen LogP) is 1.66. The molecule has 0 unspecified atom stereocenters. The van der Waals surface area contributed by atoms with Crippen molar-refractivity contribution >= 4 is 27.5 Å². The number of carbonyl (C=O) groups is 2. The third-order valence-electron chi connectivity index (χ3n) is 4.30. The second-order valence-corrected chi connectivity index (χ2v) is 9.44. The molecule has 150 valence electrons. The van der Waals surface area contributed by atoms with E-state index in [9.17, 15) is 18.0 Å². The first-order chi connectivity index (χ1) is 13.0. The molecule has 2 amide bonds. The molecule has 1 aromatic heterocycles. The van der Waals surface area contributed by atoms with Crippen molar-refractivity contribution in [3.63, 3.8) is 0 Å². The average molecular weight is 405 g/mol. The van der Waals surface area contributed by atoms with Crippen LogP contribution in [0.3, 0.4) is 0 Å². The molecule has 1 aliphatic rings. The maximum atomic E-state index is 13.0. The molecule has 0 radical (unpaired) electrons. The number of hydrogen-bond donors (Lipinski definition) is 2. The Morgan fingerprint density at radius 1 is 1.18 bits per heavy atom. The summed E-state index contributed by atoms with van der Waals surface area (Å²) < 4.78 is 32.7. The number of fused-ring (bicyclic) bond motifs is 1. The minimum absolute atomic E-state index is 0.105. The van der Waals surface area contributed by atoms with Crippen molar-refractivity contribution in [1.82, 2.24) is 4.72 Å². The fraction of sp³-hybridized carbons (Fsp3) is 0.368.